The molecule has 1 fully saturated rings. The first-order valence-corrected chi connectivity index (χ1v) is 11.5. The maximum atomic E-state index is 10.5. The number of aromatic nitrogens is 3. The number of anilines is 2. The molecule has 9 heteroatoms. The molecule has 0 unspecified atom stereocenters. The molecule has 3 atom stereocenters. The predicted molar refractivity (Wildman–Crippen MR) is 122 cm³/mol. The Balaban J connectivity index is 1.79. The Morgan fingerprint density at radius 1 is 1.17 bits per heavy atom. The van der Waals surface area contributed by atoms with Crippen LogP contribution in [0.5, 0.6) is 0 Å². The van der Waals surface area contributed by atoms with Crippen molar-refractivity contribution < 1.29 is 10.2 Å². The third-order valence-corrected chi connectivity index (χ3v) is 6.94. The number of benzene rings is 1. The van der Waals surface area contributed by atoms with Gasteiger partial charge in [-0.25, -0.2) is 9.97 Å². The van der Waals surface area contributed by atoms with Crippen molar-refractivity contribution in [3.8, 4) is 10.6 Å². The first-order valence-electron chi connectivity index (χ1n) is 10.3. The Hall–Kier alpha value is -2.00. The number of fused-ring (bicyclic) bond motifs is 1. The number of aliphatic hydroxyl groups is 2. The molecule has 0 radical (unpaired) electrons. The summed E-state index contributed by atoms with van der Waals surface area (Å²) in [5, 5.41) is 24.5. The zero-order valence-corrected chi connectivity index (χ0v) is 18.6. The highest BCUT2D eigenvalue weighted by molar-refractivity contribution is 7.21. The van der Waals surface area contributed by atoms with Crippen LogP contribution in [0.1, 0.15) is 26.7 Å². The van der Waals surface area contributed by atoms with E-state index in [1.807, 2.05) is 43.0 Å². The Morgan fingerprint density at radius 3 is 2.60 bits per heavy atom. The highest BCUT2D eigenvalue weighted by Gasteiger charge is 2.34. The molecule has 0 spiro atoms. The van der Waals surface area contributed by atoms with Crippen molar-refractivity contribution in [2.75, 3.05) is 29.9 Å². The molecule has 2 aromatic heterocycles. The van der Waals surface area contributed by atoms with Gasteiger partial charge in [0.05, 0.1) is 27.9 Å². The molecule has 0 amide bonds. The fraction of sp³-hybridized carbons (Fsp3) is 0.476. The molecule has 0 saturated heterocycles. The van der Waals surface area contributed by atoms with Gasteiger partial charge in [0.2, 0.25) is 5.95 Å². The summed E-state index contributed by atoms with van der Waals surface area (Å²) in [4.78, 5) is 16.1. The normalized spacial score (nSPS) is 21.3. The number of hydrogen-bond donors (Lipinski definition) is 3. The summed E-state index contributed by atoms with van der Waals surface area (Å²) in [6.07, 6.45) is 0.668. The Labute approximate surface area is 184 Å². The van der Waals surface area contributed by atoms with Gasteiger partial charge in [0.25, 0.3) is 0 Å². The smallest absolute Gasteiger partial charge is 0.228 e. The molecule has 1 aliphatic carbocycles. The summed E-state index contributed by atoms with van der Waals surface area (Å²) >= 11 is 8.22. The molecule has 0 bridgehead atoms. The lowest BCUT2D eigenvalue weighted by Crippen LogP contribution is -2.30. The van der Waals surface area contributed by atoms with E-state index < -0.39 is 6.10 Å². The molecule has 1 aromatic carbocycles. The van der Waals surface area contributed by atoms with Crippen LogP contribution in [-0.2, 0) is 0 Å². The van der Waals surface area contributed by atoms with Gasteiger partial charge in [-0.3, -0.25) is 0 Å². The van der Waals surface area contributed by atoms with E-state index in [1.54, 1.807) is 0 Å². The maximum absolute atomic E-state index is 10.5. The average Bonchev–Trinajstić information content (AvgIpc) is 3.32. The van der Waals surface area contributed by atoms with Gasteiger partial charge >= 0.3 is 0 Å². The fourth-order valence-corrected chi connectivity index (χ4v) is 5.26. The van der Waals surface area contributed by atoms with Gasteiger partial charge in [0.1, 0.15) is 16.0 Å². The number of aliphatic hydroxyl groups excluding tert-OH is 2. The van der Waals surface area contributed by atoms with Gasteiger partial charge in [-0.15, -0.1) is 11.3 Å². The number of nitrogens with zero attached hydrogens (tertiary/aromatic N) is 4. The minimum Gasteiger partial charge on any atom is -0.396 e. The number of rotatable bonds is 7. The second-order valence-electron chi connectivity index (χ2n) is 7.54. The van der Waals surface area contributed by atoms with E-state index in [9.17, 15) is 10.2 Å². The third-order valence-electron chi connectivity index (χ3n) is 5.61. The number of thiazole rings is 1. The van der Waals surface area contributed by atoms with E-state index in [1.165, 1.54) is 11.3 Å². The van der Waals surface area contributed by atoms with Crippen LogP contribution >= 0.6 is 22.9 Å². The zero-order chi connectivity index (χ0) is 21.3. The van der Waals surface area contributed by atoms with E-state index in [4.69, 9.17) is 21.6 Å². The molecule has 3 aromatic rings. The standard InChI is InChI=1S/C21H26ClN5O2S/c1-3-27(4-2)21-25-18(22)17(20-24-13-7-5-6-8-16(13)30-20)19(26-21)23-14-9-12(11-28)10-15(14)29/h5-8,12,14-15,28-29H,3-4,9-11H2,1-2H3,(H,23,25,26)/t12-,14+,15+/m0/s1. The van der Waals surface area contributed by atoms with Crippen molar-refractivity contribution in [1.29, 1.82) is 0 Å². The number of nitrogens with one attached hydrogen (secondary N) is 1. The summed E-state index contributed by atoms with van der Waals surface area (Å²) in [6, 6.07) is 7.71. The van der Waals surface area contributed by atoms with Crippen LogP contribution in [0.25, 0.3) is 20.8 Å². The van der Waals surface area contributed by atoms with Gasteiger partial charge in [0, 0.05) is 19.7 Å². The average molecular weight is 448 g/mol. The topological polar surface area (TPSA) is 94.4 Å². The summed E-state index contributed by atoms with van der Waals surface area (Å²) in [5.41, 5.74) is 1.54. The summed E-state index contributed by atoms with van der Waals surface area (Å²) in [6.45, 7) is 5.66. The summed E-state index contributed by atoms with van der Waals surface area (Å²) in [7, 11) is 0. The minimum atomic E-state index is -0.559. The molecule has 4 rings (SSSR count). The molecule has 1 saturated carbocycles. The molecule has 1 aliphatic rings. The number of para-hydroxylation sites is 1. The van der Waals surface area contributed by atoms with Crippen LogP contribution in [0.2, 0.25) is 5.15 Å². The van der Waals surface area contributed by atoms with Gasteiger partial charge in [-0.05, 0) is 44.7 Å². The van der Waals surface area contributed by atoms with Crippen molar-refractivity contribution in [3.05, 3.63) is 29.4 Å². The van der Waals surface area contributed by atoms with Crippen LogP contribution in [0, 0.1) is 5.92 Å². The zero-order valence-electron chi connectivity index (χ0n) is 17.0. The summed E-state index contributed by atoms with van der Waals surface area (Å²) < 4.78 is 1.06. The molecule has 2 heterocycles. The quantitative estimate of drug-likeness (QED) is 0.474. The van der Waals surface area contributed by atoms with Gasteiger partial charge in [-0.1, -0.05) is 23.7 Å². The van der Waals surface area contributed by atoms with Crippen molar-refractivity contribution in [3.63, 3.8) is 0 Å². The third kappa shape index (κ3) is 4.09. The largest absolute Gasteiger partial charge is 0.396 e. The minimum absolute atomic E-state index is 0.0647. The molecule has 160 valence electrons. The first-order chi connectivity index (χ1) is 14.5. The first kappa shape index (κ1) is 21.2. The van der Waals surface area contributed by atoms with Crippen LogP contribution in [0.4, 0.5) is 11.8 Å². The molecule has 30 heavy (non-hydrogen) atoms. The van der Waals surface area contributed by atoms with Crippen LogP contribution in [0.15, 0.2) is 24.3 Å². The lowest BCUT2D eigenvalue weighted by atomic mass is 10.1. The van der Waals surface area contributed by atoms with Gasteiger partial charge in [-0.2, -0.15) is 4.98 Å². The van der Waals surface area contributed by atoms with Gasteiger partial charge in [0.15, 0.2) is 0 Å². The van der Waals surface area contributed by atoms with Crippen molar-refractivity contribution in [2.24, 2.45) is 5.92 Å². The maximum Gasteiger partial charge on any atom is 0.228 e. The van der Waals surface area contributed by atoms with E-state index >= 15 is 0 Å². The SMILES string of the molecule is CCN(CC)c1nc(Cl)c(-c2nc3ccccc3s2)c(N[C@@H]2C[C@H](CO)C[C@H]2O)n1. The van der Waals surface area contributed by atoms with Crippen LogP contribution in [0.3, 0.4) is 0 Å². The molecular weight excluding hydrogens is 422 g/mol. The summed E-state index contributed by atoms with van der Waals surface area (Å²) in [5.74, 6) is 1.19. The second kappa shape index (κ2) is 9.01. The molecule has 7 nitrogen and oxygen atoms in total. The Morgan fingerprint density at radius 2 is 1.93 bits per heavy atom. The van der Waals surface area contributed by atoms with E-state index in [0.29, 0.717) is 35.3 Å². The van der Waals surface area contributed by atoms with Crippen LogP contribution in [-0.4, -0.2) is 57.0 Å². The lowest BCUT2D eigenvalue weighted by molar-refractivity contribution is 0.157. The van der Waals surface area contributed by atoms with E-state index in [2.05, 4.69) is 10.3 Å². The lowest BCUT2D eigenvalue weighted by Gasteiger charge is -2.23. The monoisotopic (exact) mass is 447 g/mol. The number of halogens is 1. The molecule has 0 aliphatic heterocycles. The van der Waals surface area contributed by atoms with Gasteiger partial charge < -0.3 is 20.4 Å². The Bertz CT molecular complexity index is 993. The highest BCUT2D eigenvalue weighted by atomic mass is 35.5. The van der Waals surface area contributed by atoms with E-state index in [-0.39, 0.29) is 18.6 Å². The number of hydrogen-bond acceptors (Lipinski definition) is 8. The van der Waals surface area contributed by atoms with Crippen molar-refractivity contribution >= 4 is 44.9 Å². The molecular formula is C21H26ClN5O2S. The second-order valence-corrected chi connectivity index (χ2v) is 8.92. The van der Waals surface area contributed by atoms with Crippen molar-refractivity contribution in [1.82, 2.24) is 15.0 Å². The highest BCUT2D eigenvalue weighted by Crippen LogP contribution is 2.40. The van der Waals surface area contributed by atoms with Crippen LogP contribution < -0.4 is 10.2 Å². The Kier molecular flexibility index (Phi) is 6.38. The molecule has 3 N–H and O–H groups in total. The van der Waals surface area contributed by atoms with E-state index in [0.717, 1.165) is 28.3 Å². The fourth-order valence-electron chi connectivity index (χ4n) is 3.94. The predicted octanol–water partition coefficient (Wildman–Crippen LogP) is 3.80. The van der Waals surface area contributed by atoms with Crippen molar-refractivity contribution in [2.45, 2.75) is 38.8 Å².